The van der Waals surface area contributed by atoms with Crippen LogP contribution in [-0.2, 0) is 0 Å². The second-order valence-electron chi connectivity index (χ2n) is 9.45. The van der Waals surface area contributed by atoms with E-state index in [0.29, 0.717) is 0 Å². The fourth-order valence-electron chi connectivity index (χ4n) is 5.40. The van der Waals surface area contributed by atoms with E-state index in [1.54, 1.807) is 0 Å². The van der Waals surface area contributed by atoms with Gasteiger partial charge in [0.2, 0.25) is 0 Å². The van der Waals surface area contributed by atoms with Crippen LogP contribution in [0.4, 0.5) is 0 Å². The Morgan fingerprint density at radius 3 is 2.11 bits per heavy atom. The topological polar surface area (TPSA) is 38.9 Å². The zero-order valence-electron chi connectivity index (χ0n) is 19.8. The average molecular weight is 473 g/mol. The van der Waals surface area contributed by atoms with Gasteiger partial charge in [0.25, 0.3) is 0 Å². The predicted molar refractivity (Wildman–Crippen MR) is 153 cm³/mol. The number of furan rings is 1. The second kappa shape index (κ2) is 7.74. The summed E-state index contributed by atoms with van der Waals surface area (Å²) in [6.45, 7) is 0. The van der Waals surface area contributed by atoms with Gasteiger partial charge in [-0.1, -0.05) is 91.0 Å². The summed E-state index contributed by atoms with van der Waals surface area (Å²) in [5, 5.41) is 6.83. The Morgan fingerprint density at radius 2 is 1.19 bits per heavy atom. The van der Waals surface area contributed by atoms with E-state index in [0.717, 1.165) is 71.6 Å². The molecule has 0 atom stereocenters. The molecule has 8 aromatic rings. The van der Waals surface area contributed by atoms with Gasteiger partial charge in [-0.15, -0.1) is 0 Å². The van der Waals surface area contributed by atoms with Crippen LogP contribution >= 0.6 is 0 Å². The minimum absolute atomic E-state index is 0.877. The van der Waals surface area contributed by atoms with E-state index >= 15 is 0 Å². The fourth-order valence-corrected chi connectivity index (χ4v) is 5.40. The number of hydrogen-bond donors (Lipinski definition) is 0. The summed E-state index contributed by atoms with van der Waals surface area (Å²) in [7, 11) is 0. The highest BCUT2D eigenvalue weighted by Gasteiger charge is 2.16. The molecular weight excluding hydrogens is 452 g/mol. The molecule has 0 bridgehead atoms. The second-order valence-corrected chi connectivity index (χ2v) is 9.45. The normalized spacial score (nSPS) is 11.8. The first-order valence-corrected chi connectivity index (χ1v) is 12.4. The lowest BCUT2D eigenvalue weighted by Crippen LogP contribution is -1.96. The highest BCUT2D eigenvalue weighted by molar-refractivity contribution is 6.11. The molecule has 2 heterocycles. The number of fused-ring (bicyclic) bond motifs is 7. The molecule has 0 radical (unpaired) electrons. The van der Waals surface area contributed by atoms with Crippen LogP contribution in [0.5, 0.6) is 0 Å². The Hall–Kier alpha value is -5.02. The van der Waals surface area contributed by atoms with Crippen LogP contribution in [0.25, 0.3) is 77.0 Å². The molecule has 0 aliphatic heterocycles. The molecule has 0 spiro atoms. The van der Waals surface area contributed by atoms with Gasteiger partial charge in [0, 0.05) is 27.3 Å². The van der Waals surface area contributed by atoms with Crippen molar-refractivity contribution >= 4 is 54.5 Å². The summed E-state index contributed by atoms with van der Waals surface area (Å²) in [4.78, 5) is 10.4. The Kier molecular flexibility index (Phi) is 4.23. The zero-order valence-corrected chi connectivity index (χ0v) is 19.8. The van der Waals surface area contributed by atoms with Crippen molar-refractivity contribution in [1.82, 2.24) is 9.97 Å². The summed E-state index contributed by atoms with van der Waals surface area (Å²) < 4.78 is 6.18. The van der Waals surface area contributed by atoms with Crippen LogP contribution in [0.2, 0.25) is 0 Å². The summed E-state index contributed by atoms with van der Waals surface area (Å²) >= 11 is 0. The van der Waals surface area contributed by atoms with Gasteiger partial charge in [-0.05, 0) is 46.5 Å². The van der Waals surface area contributed by atoms with Gasteiger partial charge in [0.15, 0.2) is 0 Å². The molecule has 37 heavy (non-hydrogen) atoms. The molecule has 172 valence electrons. The molecule has 0 amide bonds. The molecular formula is C34H20N2O. The molecule has 0 N–H and O–H groups in total. The van der Waals surface area contributed by atoms with E-state index in [1.165, 1.54) is 5.39 Å². The Balaban J connectivity index is 1.42. The van der Waals surface area contributed by atoms with Crippen molar-refractivity contribution in [3.05, 3.63) is 121 Å². The first-order chi connectivity index (χ1) is 18.3. The lowest BCUT2D eigenvalue weighted by atomic mass is 9.99. The van der Waals surface area contributed by atoms with Gasteiger partial charge in [0.05, 0.1) is 22.4 Å². The smallest absolute Gasteiger partial charge is 0.136 e. The van der Waals surface area contributed by atoms with E-state index in [1.807, 2.05) is 30.3 Å². The average Bonchev–Trinajstić information content (AvgIpc) is 3.32. The van der Waals surface area contributed by atoms with Crippen molar-refractivity contribution in [2.24, 2.45) is 0 Å². The first kappa shape index (κ1) is 20.2. The number of aromatic nitrogens is 2. The lowest BCUT2D eigenvalue weighted by molar-refractivity contribution is 0.669. The fraction of sp³-hybridized carbons (Fsp3) is 0. The van der Waals surface area contributed by atoms with Crippen LogP contribution in [-0.4, -0.2) is 9.97 Å². The minimum atomic E-state index is 0.877. The van der Waals surface area contributed by atoms with E-state index in [-0.39, 0.29) is 0 Å². The predicted octanol–water partition coefficient (Wildman–Crippen LogP) is 9.17. The number of hydrogen-bond acceptors (Lipinski definition) is 3. The van der Waals surface area contributed by atoms with Gasteiger partial charge < -0.3 is 4.42 Å². The van der Waals surface area contributed by atoms with Gasteiger partial charge >= 0.3 is 0 Å². The molecule has 3 nitrogen and oxygen atoms in total. The summed E-state index contributed by atoms with van der Waals surface area (Å²) in [5.74, 6) is 0. The summed E-state index contributed by atoms with van der Waals surface area (Å²) in [6.07, 6.45) is 0. The Bertz CT molecular complexity index is 2140. The summed E-state index contributed by atoms with van der Waals surface area (Å²) in [6, 6.07) is 42.0. The number of nitrogens with zero attached hydrogens (tertiary/aromatic N) is 2. The van der Waals surface area contributed by atoms with Crippen LogP contribution in [0.3, 0.4) is 0 Å². The zero-order chi connectivity index (χ0) is 24.3. The standard InChI is InChI=1S/C34H20N2O/c1-2-9-22(10-3-1)32-33(36-34-26-11-5-4-8-21(26)16-17-29(34)35-32)24-15-14-23-19-28-27-12-6-7-13-30(27)37-31(28)20-25(23)18-24/h1-20H. The molecule has 8 rings (SSSR count). The molecule has 0 aliphatic rings. The van der Waals surface area contributed by atoms with Gasteiger partial charge in [0.1, 0.15) is 11.2 Å². The Labute approximate surface area is 212 Å². The monoisotopic (exact) mass is 472 g/mol. The van der Waals surface area contributed by atoms with Crippen LogP contribution in [0.1, 0.15) is 0 Å². The molecule has 2 aromatic heterocycles. The van der Waals surface area contributed by atoms with Crippen LogP contribution in [0.15, 0.2) is 126 Å². The third-order valence-electron chi connectivity index (χ3n) is 7.22. The molecule has 6 aromatic carbocycles. The van der Waals surface area contributed by atoms with Gasteiger partial charge in [-0.2, -0.15) is 0 Å². The van der Waals surface area contributed by atoms with E-state index in [9.17, 15) is 0 Å². The maximum atomic E-state index is 6.18. The largest absolute Gasteiger partial charge is 0.456 e. The maximum absolute atomic E-state index is 6.18. The number of rotatable bonds is 2. The van der Waals surface area contributed by atoms with Crippen molar-refractivity contribution in [1.29, 1.82) is 0 Å². The molecule has 3 heteroatoms. The van der Waals surface area contributed by atoms with E-state index in [4.69, 9.17) is 14.4 Å². The highest BCUT2D eigenvalue weighted by atomic mass is 16.3. The van der Waals surface area contributed by atoms with Crippen molar-refractivity contribution in [3.8, 4) is 22.5 Å². The Morgan fingerprint density at radius 1 is 0.432 bits per heavy atom. The van der Waals surface area contributed by atoms with Crippen LogP contribution < -0.4 is 0 Å². The molecule has 0 aliphatic carbocycles. The summed E-state index contributed by atoms with van der Waals surface area (Å²) in [5.41, 5.74) is 7.45. The third-order valence-corrected chi connectivity index (χ3v) is 7.22. The number of benzene rings is 6. The molecule has 0 fully saturated rings. The van der Waals surface area contributed by atoms with Crippen molar-refractivity contribution in [2.75, 3.05) is 0 Å². The van der Waals surface area contributed by atoms with Crippen molar-refractivity contribution in [2.45, 2.75) is 0 Å². The molecule has 0 unspecified atom stereocenters. The maximum Gasteiger partial charge on any atom is 0.136 e. The lowest BCUT2D eigenvalue weighted by Gasteiger charge is -2.13. The van der Waals surface area contributed by atoms with E-state index < -0.39 is 0 Å². The van der Waals surface area contributed by atoms with Gasteiger partial charge in [-0.25, -0.2) is 9.97 Å². The first-order valence-electron chi connectivity index (χ1n) is 12.4. The van der Waals surface area contributed by atoms with Gasteiger partial charge in [-0.3, -0.25) is 0 Å². The van der Waals surface area contributed by atoms with Crippen molar-refractivity contribution in [3.63, 3.8) is 0 Å². The van der Waals surface area contributed by atoms with Crippen LogP contribution in [0, 0.1) is 0 Å². The SMILES string of the molecule is c1ccc(-c2nc3ccc4ccccc4c3nc2-c2ccc3cc4c(cc3c2)oc2ccccc24)cc1. The highest BCUT2D eigenvalue weighted by Crippen LogP contribution is 2.37. The quantitative estimate of drug-likeness (QED) is 0.235. The minimum Gasteiger partial charge on any atom is -0.456 e. The van der Waals surface area contributed by atoms with E-state index in [2.05, 4.69) is 91.0 Å². The molecule has 0 saturated carbocycles. The van der Waals surface area contributed by atoms with Crippen molar-refractivity contribution < 1.29 is 4.42 Å². The molecule has 0 saturated heterocycles. The third kappa shape index (κ3) is 3.14. The number of para-hydroxylation sites is 1.